The van der Waals surface area contributed by atoms with Crippen molar-refractivity contribution in [1.29, 1.82) is 0 Å². The molecule has 1 atom stereocenters. The van der Waals surface area contributed by atoms with Gasteiger partial charge in [-0.2, -0.15) is 0 Å². The van der Waals surface area contributed by atoms with E-state index in [0.717, 1.165) is 84.4 Å². The largest absolute Gasteiger partial charge is 0.375 e. The fraction of sp³-hybridized carbons (Fsp3) is 0.909. The zero-order valence-electron chi connectivity index (χ0n) is 18.0. The smallest absolute Gasteiger partial charge is 0.317 e. The number of hydrogen-bond acceptors (Lipinski definition) is 4. The van der Waals surface area contributed by atoms with Gasteiger partial charge in [-0.15, -0.1) is 0 Å². The average Bonchev–Trinajstić information content (AvgIpc) is 2.75. The molecule has 4 rings (SSSR count). The van der Waals surface area contributed by atoms with Crippen LogP contribution in [-0.2, 0) is 9.53 Å². The van der Waals surface area contributed by atoms with Gasteiger partial charge in [0.25, 0.3) is 0 Å². The topological polar surface area (TPSA) is 65.1 Å². The lowest BCUT2D eigenvalue weighted by Crippen LogP contribution is -2.58. The van der Waals surface area contributed by atoms with Crippen molar-refractivity contribution in [2.45, 2.75) is 82.4 Å². The molecule has 0 bridgehead atoms. The van der Waals surface area contributed by atoms with Crippen molar-refractivity contribution in [2.24, 2.45) is 0 Å². The molecule has 29 heavy (non-hydrogen) atoms. The highest BCUT2D eigenvalue weighted by Gasteiger charge is 2.43. The van der Waals surface area contributed by atoms with Crippen LogP contribution in [0.3, 0.4) is 0 Å². The van der Waals surface area contributed by atoms with Crippen molar-refractivity contribution in [3.05, 3.63) is 0 Å². The molecule has 0 radical (unpaired) electrons. The van der Waals surface area contributed by atoms with Crippen LogP contribution in [0.2, 0.25) is 0 Å². The molecule has 3 heterocycles. The maximum absolute atomic E-state index is 12.7. The first-order chi connectivity index (χ1) is 14.0. The summed E-state index contributed by atoms with van der Waals surface area (Å²) in [6.45, 7) is 7.69. The molecular formula is C22H38N4O3. The van der Waals surface area contributed by atoms with Crippen molar-refractivity contribution >= 4 is 11.9 Å². The molecule has 0 unspecified atom stereocenters. The van der Waals surface area contributed by atoms with Gasteiger partial charge in [-0.05, 0) is 38.5 Å². The molecule has 4 fully saturated rings. The fourth-order valence-electron chi connectivity index (χ4n) is 5.69. The van der Waals surface area contributed by atoms with Gasteiger partial charge in [0.2, 0.25) is 5.91 Å². The molecule has 0 aromatic rings. The summed E-state index contributed by atoms with van der Waals surface area (Å²) in [7, 11) is 0. The Labute approximate surface area is 175 Å². The molecule has 7 nitrogen and oxygen atoms in total. The normalized spacial score (nSPS) is 29.1. The lowest BCUT2D eigenvalue weighted by Gasteiger charge is -2.49. The third kappa shape index (κ3) is 5.05. The Hall–Kier alpha value is -1.34. The van der Waals surface area contributed by atoms with Crippen LogP contribution in [0.4, 0.5) is 4.79 Å². The summed E-state index contributed by atoms with van der Waals surface area (Å²) in [6.07, 6.45) is 10.1. The van der Waals surface area contributed by atoms with E-state index < -0.39 is 0 Å². The van der Waals surface area contributed by atoms with Crippen LogP contribution in [0.1, 0.15) is 64.7 Å². The maximum Gasteiger partial charge on any atom is 0.317 e. The number of hydrogen-bond donors (Lipinski definition) is 1. The fourth-order valence-corrected chi connectivity index (χ4v) is 5.69. The van der Waals surface area contributed by atoms with E-state index in [1.807, 2.05) is 9.80 Å². The Morgan fingerprint density at radius 3 is 2.24 bits per heavy atom. The van der Waals surface area contributed by atoms with Crippen molar-refractivity contribution < 1.29 is 14.3 Å². The Kier molecular flexibility index (Phi) is 6.64. The van der Waals surface area contributed by atoms with Gasteiger partial charge < -0.3 is 19.9 Å². The second-order valence-corrected chi connectivity index (χ2v) is 9.49. The van der Waals surface area contributed by atoms with Crippen LogP contribution in [-0.4, -0.2) is 90.2 Å². The SMILES string of the molecule is CC(=O)N1CCN([C@@H]2CCOC3(CCN(C(=O)NC4CCCCC4)CC3)C2)CC1. The minimum absolute atomic E-state index is 0.0672. The van der Waals surface area contributed by atoms with E-state index in [4.69, 9.17) is 4.74 Å². The van der Waals surface area contributed by atoms with Crippen LogP contribution in [0.5, 0.6) is 0 Å². The van der Waals surface area contributed by atoms with Crippen molar-refractivity contribution in [1.82, 2.24) is 20.0 Å². The lowest BCUT2D eigenvalue weighted by atomic mass is 9.81. The zero-order chi connectivity index (χ0) is 20.3. The van der Waals surface area contributed by atoms with E-state index in [1.54, 1.807) is 6.92 Å². The van der Waals surface area contributed by atoms with Gasteiger partial charge >= 0.3 is 6.03 Å². The Morgan fingerprint density at radius 1 is 0.897 bits per heavy atom. The summed E-state index contributed by atoms with van der Waals surface area (Å²) in [5.41, 5.74) is -0.0672. The van der Waals surface area contributed by atoms with Gasteiger partial charge in [0.05, 0.1) is 5.60 Å². The van der Waals surface area contributed by atoms with E-state index in [-0.39, 0.29) is 17.5 Å². The van der Waals surface area contributed by atoms with E-state index in [9.17, 15) is 9.59 Å². The van der Waals surface area contributed by atoms with Gasteiger partial charge in [0.1, 0.15) is 0 Å². The number of nitrogens with zero attached hydrogens (tertiary/aromatic N) is 3. The van der Waals surface area contributed by atoms with Crippen LogP contribution in [0.25, 0.3) is 0 Å². The molecule has 3 amide bonds. The summed E-state index contributed by atoms with van der Waals surface area (Å²) >= 11 is 0. The number of nitrogens with one attached hydrogen (secondary N) is 1. The third-order valence-corrected chi connectivity index (χ3v) is 7.64. The number of carbonyl (C=O) groups excluding carboxylic acids is 2. The highest BCUT2D eigenvalue weighted by molar-refractivity contribution is 5.74. The van der Waals surface area contributed by atoms with Gasteiger partial charge in [0, 0.05) is 64.9 Å². The molecular weight excluding hydrogens is 368 g/mol. The molecule has 1 spiro atoms. The van der Waals surface area contributed by atoms with Crippen molar-refractivity contribution in [3.8, 4) is 0 Å². The number of rotatable bonds is 2. The first kappa shape index (κ1) is 20.9. The number of amides is 3. The summed E-state index contributed by atoms with van der Waals surface area (Å²) in [6, 6.07) is 1.04. The van der Waals surface area contributed by atoms with Crippen molar-refractivity contribution in [2.75, 3.05) is 45.9 Å². The van der Waals surface area contributed by atoms with Gasteiger partial charge in [-0.25, -0.2) is 4.79 Å². The molecule has 1 aliphatic carbocycles. The van der Waals surface area contributed by atoms with Gasteiger partial charge in [-0.1, -0.05) is 19.3 Å². The predicted octanol–water partition coefficient (Wildman–Crippen LogP) is 2.21. The Morgan fingerprint density at radius 2 is 1.59 bits per heavy atom. The van der Waals surface area contributed by atoms with E-state index in [2.05, 4.69) is 10.2 Å². The molecule has 164 valence electrons. The molecule has 4 aliphatic rings. The zero-order valence-corrected chi connectivity index (χ0v) is 18.0. The summed E-state index contributed by atoms with van der Waals surface area (Å²) < 4.78 is 6.32. The standard InChI is InChI=1S/C22H38N4O3/c1-18(27)24-12-14-25(15-13-24)20-7-16-29-22(17-20)8-10-26(11-9-22)21(28)23-19-5-3-2-4-6-19/h19-20H,2-17H2,1H3,(H,23,28)/t20-/m1/s1. The molecule has 1 saturated carbocycles. The highest BCUT2D eigenvalue weighted by Crippen LogP contribution is 2.37. The van der Waals surface area contributed by atoms with Crippen LogP contribution < -0.4 is 5.32 Å². The van der Waals surface area contributed by atoms with Gasteiger partial charge in [-0.3, -0.25) is 9.69 Å². The number of piperidine rings is 1. The minimum Gasteiger partial charge on any atom is -0.375 e. The molecule has 3 aliphatic heterocycles. The van der Waals surface area contributed by atoms with E-state index in [1.165, 1.54) is 19.3 Å². The summed E-state index contributed by atoms with van der Waals surface area (Å²) in [4.78, 5) is 30.8. The first-order valence-corrected chi connectivity index (χ1v) is 11.7. The average molecular weight is 407 g/mol. The quantitative estimate of drug-likeness (QED) is 0.764. The van der Waals surface area contributed by atoms with E-state index in [0.29, 0.717) is 12.1 Å². The lowest BCUT2D eigenvalue weighted by molar-refractivity contribution is -0.139. The first-order valence-electron chi connectivity index (χ1n) is 11.7. The van der Waals surface area contributed by atoms with Crippen LogP contribution in [0, 0.1) is 0 Å². The third-order valence-electron chi connectivity index (χ3n) is 7.64. The number of carbonyl (C=O) groups is 2. The highest BCUT2D eigenvalue weighted by atomic mass is 16.5. The van der Waals surface area contributed by atoms with Crippen molar-refractivity contribution in [3.63, 3.8) is 0 Å². The molecule has 7 heteroatoms. The van der Waals surface area contributed by atoms with Crippen LogP contribution >= 0.6 is 0 Å². The molecule has 3 saturated heterocycles. The Bertz CT molecular complexity index is 577. The van der Waals surface area contributed by atoms with Gasteiger partial charge in [0.15, 0.2) is 0 Å². The number of piperazine rings is 1. The predicted molar refractivity (Wildman–Crippen MR) is 112 cm³/mol. The molecule has 1 N–H and O–H groups in total. The maximum atomic E-state index is 12.7. The second-order valence-electron chi connectivity index (χ2n) is 9.49. The summed E-state index contributed by atoms with van der Waals surface area (Å²) in [5.74, 6) is 0.187. The van der Waals surface area contributed by atoms with E-state index >= 15 is 0 Å². The molecule has 0 aromatic heterocycles. The summed E-state index contributed by atoms with van der Waals surface area (Å²) in [5, 5.41) is 3.26. The monoisotopic (exact) mass is 406 g/mol. The number of likely N-dealkylation sites (tertiary alicyclic amines) is 1. The van der Waals surface area contributed by atoms with Crippen LogP contribution in [0.15, 0.2) is 0 Å². The number of ether oxygens (including phenoxy) is 1. The Balaban J connectivity index is 1.25. The molecule has 0 aromatic carbocycles. The minimum atomic E-state index is -0.0672. The second kappa shape index (κ2) is 9.21. The number of urea groups is 1.